The van der Waals surface area contributed by atoms with Crippen LogP contribution >= 0.6 is 0 Å². The molecule has 0 aromatic carbocycles. The zero-order chi connectivity index (χ0) is 14.4. The van der Waals surface area contributed by atoms with Gasteiger partial charge in [0.1, 0.15) is 0 Å². The molecule has 116 valence electrons. The second-order valence-electron chi connectivity index (χ2n) is 6.59. The summed E-state index contributed by atoms with van der Waals surface area (Å²) in [7, 11) is 0. The van der Waals surface area contributed by atoms with Crippen LogP contribution in [0.1, 0.15) is 46.0 Å². The molecule has 3 unspecified atom stereocenters. The Morgan fingerprint density at radius 2 is 2.00 bits per heavy atom. The minimum Gasteiger partial charge on any atom is -0.381 e. The maximum Gasteiger partial charge on any atom is 0.220 e. The molecule has 2 N–H and O–H groups in total. The van der Waals surface area contributed by atoms with Gasteiger partial charge in [0.25, 0.3) is 0 Å². The van der Waals surface area contributed by atoms with Crippen molar-refractivity contribution in [1.29, 1.82) is 0 Å². The van der Waals surface area contributed by atoms with E-state index < -0.39 is 0 Å². The monoisotopic (exact) mass is 282 g/mol. The lowest BCUT2D eigenvalue weighted by molar-refractivity contribution is -0.123. The van der Waals surface area contributed by atoms with Gasteiger partial charge >= 0.3 is 0 Å². The van der Waals surface area contributed by atoms with Crippen LogP contribution in [0.2, 0.25) is 0 Å². The molecule has 2 fully saturated rings. The van der Waals surface area contributed by atoms with Gasteiger partial charge in [-0.3, -0.25) is 4.79 Å². The lowest BCUT2D eigenvalue weighted by atomic mass is 9.85. The molecule has 20 heavy (non-hydrogen) atoms. The smallest absolute Gasteiger partial charge is 0.220 e. The number of hydrogen-bond acceptors (Lipinski definition) is 3. The van der Waals surface area contributed by atoms with Gasteiger partial charge in [0, 0.05) is 25.7 Å². The number of nitrogens with one attached hydrogen (secondary N) is 2. The summed E-state index contributed by atoms with van der Waals surface area (Å²) < 4.78 is 5.38. The minimum atomic E-state index is 0.224. The molecule has 4 heteroatoms. The van der Waals surface area contributed by atoms with Crippen LogP contribution < -0.4 is 10.6 Å². The van der Waals surface area contributed by atoms with E-state index in [-0.39, 0.29) is 11.9 Å². The predicted octanol–water partition coefficient (Wildman–Crippen LogP) is 1.94. The topological polar surface area (TPSA) is 50.4 Å². The van der Waals surface area contributed by atoms with Gasteiger partial charge in [-0.05, 0) is 63.5 Å². The fourth-order valence-corrected chi connectivity index (χ4v) is 3.47. The first-order valence-electron chi connectivity index (χ1n) is 8.24. The van der Waals surface area contributed by atoms with Crippen molar-refractivity contribution in [3.63, 3.8) is 0 Å². The van der Waals surface area contributed by atoms with Crippen molar-refractivity contribution in [3.8, 4) is 0 Å². The Bertz CT molecular complexity index is 269. The highest BCUT2D eigenvalue weighted by atomic mass is 16.5. The Hall–Kier alpha value is -0.610. The van der Waals surface area contributed by atoms with Crippen LogP contribution in [0.3, 0.4) is 0 Å². The Morgan fingerprint density at radius 1 is 1.25 bits per heavy atom. The summed E-state index contributed by atoms with van der Waals surface area (Å²) in [6.07, 6.45) is 5.32. The van der Waals surface area contributed by atoms with E-state index in [0.29, 0.717) is 24.2 Å². The summed E-state index contributed by atoms with van der Waals surface area (Å²) in [6, 6.07) is 0.281. The molecule has 2 aliphatic rings. The fourth-order valence-electron chi connectivity index (χ4n) is 3.47. The Morgan fingerprint density at radius 3 is 2.65 bits per heavy atom. The third kappa shape index (κ3) is 4.74. The molecule has 4 nitrogen and oxygen atoms in total. The van der Waals surface area contributed by atoms with Gasteiger partial charge < -0.3 is 15.4 Å². The molecule has 2 saturated heterocycles. The lowest BCUT2D eigenvalue weighted by Gasteiger charge is -2.30. The first kappa shape index (κ1) is 15.8. The molecule has 1 amide bonds. The van der Waals surface area contributed by atoms with Gasteiger partial charge in [0.05, 0.1) is 0 Å². The third-order valence-electron chi connectivity index (χ3n) is 5.01. The largest absolute Gasteiger partial charge is 0.381 e. The standard InChI is InChI=1S/C16H30N2O2/c1-12(15-4-3-7-17-11-15)10-16(19)18-13(2)14-5-8-20-9-6-14/h12-15,17H,3-11H2,1-2H3,(H,18,19). The van der Waals surface area contributed by atoms with Gasteiger partial charge in [0.15, 0.2) is 0 Å². The van der Waals surface area contributed by atoms with Crippen molar-refractivity contribution >= 4 is 5.91 Å². The van der Waals surface area contributed by atoms with E-state index in [2.05, 4.69) is 24.5 Å². The van der Waals surface area contributed by atoms with Gasteiger partial charge in [0.2, 0.25) is 5.91 Å². The molecular formula is C16H30N2O2. The summed E-state index contributed by atoms with van der Waals surface area (Å²) in [5, 5.41) is 6.64. The fraction of sp³-hybridized carbons (Fsp3) is 0.938. The van der Waals surface area contributed by atoms with E-state index >= 15 is 0 Å². The molecule has 0 aromatic heterocycles. The number of hydrogen-bond donors (Lipinski definition) is 2. The number of ether oxygens (including phenoxy) is 1. The first-order valence-corrected chi connectivity index (χ1v) is 8.24. The second kappa shape index (κ2) is 7.99. The van der Waals surface area contributed by atoms with Gasteiger partial charge in [-0.25, -0.2) is 0 Å². The van der Waals surface area contributed by atoms with E-state index in [1.807, 2.05) is 0 Å². The van der Waals surface area contributed by atoms with Crippen molar-refractivity contribution in [1.82, 2.24) is 10.6 Å². The molecule has 0 bridgehead atoms. The molecule has 2 rings (SSSR count). The maximum absolute atomic E-state index is 12.2. The highest BCUT2D eigenvalue weighted by molar-refractivity contribution is 5.76. The number of rotatable bonds is 5. The summed E-state index contributed by atoms with van der Waals surface area (Å²) in [5.74, 6) is 1.94. The van der Waals surface area contributed by atoms with Crippen molar-refractivity contribution in [2.24, 2.45) is 17.8 Å². The molecular weight excluding hydrogens is 252 g/mol. The first-order chi connectivity index (χ1) is 9.66. The van der Waals surface area contributed by atoms with Crippen molar-refractivity contribution in [3.05, 3.63) is 0 Å². The van der Waals surface area contributed by atoms with Crippen molar-refractivity contribution in [2.75, 3.05) is 26.3 Å². The predicted molar refractivity (Wildman–Crippen MR) is 80.5 cm³/mol. The minimum absolute atomic E-state index is 0.224. The number of piperidine rings is 1. The average Bonchev–Trinajstić information content (AvgIpc) is 2.49. The zero-order valence-electron chi connectivity index (χ0n) is 13.0. The van der Waals surface area contributed by atoms with Crippen molar-refractivity contribution < 1.29 is 9.53 Å². The van der Waals surface area contributed by atoms with E-state index in [9.17, 15) is 4.79 Å². The van der Waals surface area contributed by atoms with Crippen LogP contribution in [0.25, 0.3) is 0 Å². The Kier molecular flexibility index (Phi) is 6.30. The molecule has 0 spiro atoms. The Balaban J connectivity index is 1.70. The van der Waals surface area contributed by atoms with Crippen LogP contribution in [0.4, 0.5) is 0 Å². The number of carbonyl (C=O) groups is 1. The summed E-state index contributed by atoms with van der Waals surface area (Å²) in [4.78, 5) is 12.2. The average molecular weight is 282 g/mol. The highest BCUT2D eigenvalue weighted by Crippen LogP contribution is 2.23. The third-order valence-corrected chi connectivity index (χ3v) is 5.01. The van der Waals surface area contributed by atoms with Crippen LogP contribution in [-0.4, -0.2) is 38.3 Å². The Labute approximate surface area is 123 Å². The van der Waals surface area contributed by atoms with E-state index in [1.165, 1.54) is 12.8 Å². The van der Waals surface area contributed by atoms with Crippen molar-refractivity contribution in [2.45, 2.75) is 52.0 Å². The van der Waals surface area contributed by atoms with E-state index in [4.69, 9.17) is 4.74 Å². The summed E-state index contributed by atoms with van der Waals surface area (Å²) in [6.45, 7) is 8.25. The summed E-state index contributed by atoms with van der Waals surface area (Å²) in [5.41, 5.74) is 0. The number of amides is 1. The van der Waals surface area contributed by atoms with Crippen LogP contribution in [0, 0.1) is 17.8 Å². The van der Waals surface area contributed by atoms with Gasteiger partial charge in [-0.2, -0.15) is 0 Å². The normalized spacial score (nSPS) is 27.8. The molecule has 3 atom stereocenters. The van der Waals surface area contributed by atoms with Crippen LogP contribution in [0.15, 0.2) is 0 Å². The highest BCUT2D eigenvalue weighted by Gasteiger charge is 2.25. The lowest BCUT2D eigenvalue weighted by Crippen LogP contribution is -2.42. The SMILES string of the molecule is CC(CC(=O)NC(C)C1CCOCC1)C1CCCNC1. The van der Waals surface area contributed by atoms with E-state index in [1.54, 1.807) is 0 Å². The molecule has 0 saturated carbocycles. The number of carbonyl (C=O) groups excluding carboxylic acids is 1. The molecule has 0 aromatic rings. The maximum atomic E-state index is 12.2. The van der Waals surface area contributed by atoms with E-state index in [0.717, 1.165) is 39.1 Å². The second-order valence-corrected chi connectivity index (χ2v) is 6.59. The van der Waals surface area contributed by atoms with Gasteiger partial charge in [-0.1, -0.05) is 6.92 Å². The quantitative estimate of drug-likeness (QED) is 0.810. The zero-order valence-corrected chi connectivity index (χ0v) is 13.0. The molecule has 0 radical (unpaired) electrons. The molecule has 0 aliphatic carbocycles. The summed E-state index contributed by atoms with van der Waals surface area (Å²) >= 11 is 0. The molecule has 2 heterocycles. The van der Waals surface area contributed by atoms with Crippen LogP contribution in [-0.2, 0) is 9.53 Å². The van der Waals surface area contributed by atoms with Crippen LogP contribution in [0.5, 0.6) is 0 Å². The van der Waals surface area contributed by atoms with Gasteiger partial charge in [-0.15, -0.1) is 0 Å². The molecule has 2 aliphatic heterocycles.